The van der Waals surface area contributed by atoms with E-state index >= 15 is 0 Å². The molecule has 0 unspecified atom stereocenters. The zero-order valence-corrected chi connectivity index (χ0v) is 19.4. The average Bonchev–Trinajstić information content (AvgIpc) is 3.14. The van der Waals surface area contributed by atoms with E-state index < -0.39 is 42.0 Å². The molecular formula is C20H29F3N6O6. The van der Waals surface area contributed by atoms with Crippen LogP contribution in [0.15, 0.2) is 17.5 Å². The molecule has 0 aliphatic carbocycles. The van der Waals surface area contributed by atoms with Crippen LogP contribution in [0.4, 0.5) is 19.0 Å². The number of azide groups is 1. The van der Waals surface area contributed by atoms with Gasteiger partial charge in [-0.05, 0) is 19.4 Å². The fourth-order valence-corrected chi connectivity index (χ4v) is 3.65. The van der Waals surface area contributed by atoms with Crippen LogP contribution in [0.1, 0.15) is 19.5 Å². The van der Waals surface area contributed by atoms with Crippen molar-refractivity contribution >= 4 is 5.82 Å². The second-order valence-electron chi connectivity index (χ2n) is 8.23. The molecule has 1 aromatic rings. The van der Waals surface area contributed by atoms with Crippen LogP contribution in [0.3, 0.4) is 0 Å². The molecule has 0 radical (unpaired) electrons. The van der Waals surface area contributed by atoms with Gasteiger partial charge in [-0.15, -0.1) is 0 Å². The Morgan fingerprint density at radius 1 is 1.11 bits per heavy atom. The predicted molar refractivity (Wildman–Crippen MR) is 114 cm³/mol. The van der Waals surface area contributed by atoms with Gasteiger partial charge in [-0.25, -0.2) is 4.98 Å². The summed E-state index contributed by atoms with van der Waals surface area (Å²) in [6, 6.07) is -0.502. The van der Waals surface area contributed by atoms with Crippen LogP contribution >= 0.6 is 0 Å². The second kappa shape index (κ2) is 12.6. The summed E-state index contributed by atoms with van der Waals surface area (Å²) in [5, 5.41) is 6.29. The first-order chi connectivity index (χ1) is 16.7. The van der Waals surface area contributed by atoms with Crippen molar-refractivity contribution < 1.29 is 41.6 Å². The number of nitrogens with zero attached hydrogens (tertiary/aromatic N) is 5. The van der Waals surface area contributed by atoms with Crippen LogP contribution in [-0.2, 0) is 34.6 Å². The summed E-state index contributed by atoms with van der Waals surface area (Å²) >= 11 is 0. The topological polar surface area (TPSA) is 142 Å². The number of rotatable bonds is 13. The number of halogens is 3. The normalized spacial score (nSPS) is 25.6. The standard InChI is InChI=1S/C20H29F3N6O6/c1-19(2)34-17-13(27-16-10-25-9-15(28-16)20(21,22)23)11-33-14(18(17)35-19)12-32-8-7-31-6-5-30-4-3-26-29-24/h9-10,13-14,17-18H,3-8,11-12H2,1-2H3,(H,27,28)/t13-,14+,17+,18-/m0/s1. The third kappa shape index (κ3) is 8.42. The number of alkyl halides is 3. The number of hydrogen-bond donors (Lipinski definition) is 1. The van der Waals surface area contributed by atoms with Gasteiger partial charge >= 0.3 is 6.18 Å². The lowest BCUT2D eigenvalue weighted by Crippen LogP contribution is -2.55. The Morgan fingerprint density at radius 3 is 2.51 bits per heavy atom. The fraction of sp³-hybridized carbons (Fsp3) is 0.800. The van der Waals surface area contributed by atoms with Crippen LogP contribution < -0.4 is 5.32 Å². The molecule has 0 saturated carbocycles. The lowest BCUT2D eigenvalue weighted by atomic mass is 9.98. The highest BCUT2D eigenvalue weighted by Crippen LogP contribution is 2.36. The maximum absolute atomic E-state index is 13.0. The van der Waals surface area contributed by atoms with Gasteiger partial charge in [-0.2, -0.15) is 13.2 Å². The lowest BCUT2D eigenvalue weighted by molar-refractivity contribution is -0.160. The highest BCUT2D eigenvalue weighted by molar-refractivity contribution is 5.35. The number of aromatic nitrogens is 2. The van der Waals surface area contributed by atoms with Crippen molar-refractivity contribution in [2.75, 3.05) is 58.1 Å². The molecule has 12 nitrogen and oxygen atoms in total. The fourth-order valence-electron chi connectivity index (χ4n) is 3.65. The minimum absolute atomic E-state index is 0.0332. The highest BCUT2D eigenvalue weighted by atomic mass is 19.4. The van der Waals surface area contributed by atoms with Gasteiger partial charge in [0.05, 0.1) is 64.7 Å². The zero-order chi connectivity index (χ0) is 25.3. The predicted octanol–water partition coefficient (Wildman–Crippen LogP) is 2.55. The first-order valence-electron chi connectivity index (χ1n) is 11.1. The number of ether oxygens (including phenoxy) is 6. The molecule has 196 valence electrons. The Hall–Kier alpha value is -2.26. The summed E-state index contributed by atoms with van der Waals surface area (Å²) in [5.41, 5.74) is 7.07. The van der Waals surface area contributed by atoms with Crippen LogP contribution in [0.25, 0.3) is 10.4 Å². The van der Waals surface area contributed by atoms with Crippen LogP contribution in [0.2, 0.25) is 0 Å². The average molecular weight is 506 g/mol. The van der Waals surface area contributed by atoms with Crippen molar-refractivity contribution in [2.24, 2.45) is 5.11 Å². The molecule has 15 heteroatoms. The van der Waals surface area contributed by atoms with Gasteiger partial charge in [0.2, 0.25) is 0 Å². The van der Waals surface area contributed by atoms with E-state index in [1.165, 1.54) is 6.20 Å². The third-order valence-corrected chi connectivity index (χ3v) is 5.10. The SMILES string of the molecule is CC1(C)O[C@@H]2[C@H](O1)[C@@H](Nc1cncc(C(F)(F)F)n1)CO[C@@H]2COCCOCCOCCN=[N+]=[N-]. The minimum atomic E-state index is -4.60. The molecule has 3 heterocycles. The summed E-state index contributed by atoms with van der Waals surface area (Å²) in [7, 11) is 0. The summed E-state index contributed by atoms with van der Waals surface area (Å²) in [6.45, 7) is 5.92. The highest BCUT2D eigenvalue weighted by Gasteiger charge is 2.52. The molecule has 2 aliphatic heterocycles. The van der Waals surface area contributed by atoms with Gasteiger partial charge in [0.15, 0.2) is 11.5 Å². The van der Waals surface area contributed by atoms with E-state index in [0.717, 1.165) is 0 Å². The number of fused-ring (bicyclic) bond motifs is 1. The summed E-state index contributed by atoms with van der Waals surface area (Å²) in [5.74, 6) is -0.934. The molecule has 35 heavy (non-hydrogen) atoms. The van der Waals surface area contributed by atoms with Gasteiger partial charge in [0.25, 0.3) is 0 Å². The molecule has 0 spiro atoms. The molecule has 2 aliphatic rings. The van der Waals surface area contributed by atoms with Crippen molar-refractivity contribution in [3.05, 3.63) is 28.5 Å². The van der Waals surface area contributed by atoms with Crippen LogP contribution in [0.5, 0.6) is 0 Å². The van der Waals surface area contributed by atoms with Crippen molar-refractivity contribution in [1.29, 1.82) is 0 Å². The Kier molecular flexibility index (Phi) is 9.86. The number of nitrogens with one attached hydrogen (secondary N) is 1. The maximum atomic E-state index is 13.0. The quantitative estimate of drug-likeness (QED) is 0.185. The molecule has 4 atom stereocenters. The van der Waals surface area contributed by atoms with E-state index in [2.05, 4.69) is 25.3 Å². The largest absolute Gasteiger partial charge is 0.434 e. The molecule has 0 bridgehead atoms. The second-order valence-corrected chi connectivity index (χ2v) is 8.23. The Morgan fingerprint density at radius 2 is 1.80 bits per heavy atom. The first kappa shape index (κ1) is 27.3. The zero-order valence-electron chi connectivity index (χ0n) is 19.4. The molecule has 2 fully saturated rings. The van der Waals surface area contributed by atoms with E-state index in [-0.39, 0.29) is 25.6 Å². The summed E-state index contributed by atoms with van der Waals surface area (Å²) in [6.07, 6.45) is -4.15. The maximum Gasteiger partial charge on any atom is 0.434 e. The molecule has 2 saturated heterocycles. The van der Waals surface area contributed by atoms with E-state index in [0.29, 0.717) is 39.2 Å². The van der Waals surface area contributed by atoms with E-state index in [4.69, 9.17) is 34.0 Å². The van der Waals surface area contributed by atoms with E-state index in [9.17, 15) is 13.2 Å². The number of anilines is 1. The van der Waals surface area contributed by atoms with E-state index in [1.807, 2.05) is 0 Å². The molecular weight excluding hydrogens is 477 g/mol. The van der Waals surface area contributed by atoms with Crippen LogP contribution in [-0.4, -0.2) is 92.9 Å². The summed E-state index contributed by atoms with van der Waals surface area (Å²) in [4.78, 5) is 9.85. The third-order valence-electron chi connectivity index (χ3n) is 5.10. The van der Waals surface area contributed by atoms with E-state index in [1.54, 1.807) is 13.8 Å². The van der Waals surface area contributed by atoms with Crippen molar-refractivity contribution in [3.63, 3.8) is 0 Å². The smallest absolute Gasteiger partial charge is 0.379 e. The van der Waals surface area contributed by atoms with Gasteiger partial charge in [0.1, 0.15) is 24.1 Å². The van der Waals surface area contributed by atoms with Gasteiger partial charge in [-0.1, -0.05) is 5.11 Å². The molecule has 1 aromatic heterocycles. The summed E-state index contributed by atoms with van der Waals surface area (Å²) < 4.78 is 73.1. The first-order valence-corrected chi connectivity index (χ1v) is 11.1. The lowest BCUT2D eigenvalue weighted by Gasteiger charge is -2.37. The minimum Gasteiger partial charge on any atom is -0.379 e. The van der Waals surface area contributed by atoms with Crippen molar-refractivity contribution in [1.82, 2.24) is 9.97 Å². The van der Waals surface area contributed by atoms with Crippen molar-refractivity contribution in [3.8, 4) is 0 Å². The Labute approximate surface area is 200 Å². The monoisotopic (exact) mass is 506 g/mol. The molecule has 1 N–H and O–H groups in total. The molecule has 3 rings (SSSR count). The van der Waals surface area contributed by atoms with Crippen LogP contribution in [0, 0.1) is 0 Å². The Balaban J connectivity index is 1.44. The molecule has 0 aromatic carbocycles. The van der Waals surface area contributed by atoms with Gasteiger partial charge in [0, 0.05) is 11.5 Å². The number of hydrogen-bond acceptors (Lipinski definition) is 10. The van der Waals surface area contributed by atoms with Crippen molar-refractivity contribution in [2.45, 2.75) is 50.2 Å². The Bertz CT molecular complexity index is 857. The molecule has 0 amide bonds. The van der Waals surface area contributed by atoms with Gasteiger partial charge < -0.3 is 33.7 Å². The van der Waals surface area contributed by atoms with Gasteiger partial charge in [-0.3, -0.25) is 4.98 Å².